The van der Waals surface area contributed by atoms with Gasteiger partial charge in [-0.1, -0.05) is 70.1 Å². The molecule has 1 aliphatic rings. The lowest BCUT2D eigenvalue weighted by Gasteiger charge is -2.38. The zero-order chi connectivity index (χ0) is 21.0. The van der Waals surface area contributed by atoms with Gasteiger partial charge < -0.3 is 26.2 Å². The van der Waals surface area contributed by atoms with Gasteiger partial charge in [-0.25, -0.2) is 4.79 Å². The van der Waals surface area contributed by atoms with Crippen LogP contribution in [0.2, 0.25) is 0 Å². The smallest absolute Gasteiger partial charge is 0.338 e. The highest BCUT2D eigenvalue weighted by Crippen LogP contribution is 2.29. The summed E-state index contributed by atoms with van der Waals surface area (Å²) in [6.45, 7) is 4.62. The molecule has 0 saturated heterocycles. The molecule has 0 spiro atoms. The standard InChI is InChI=1S/C26H44NO2.BrH/c1-4-5-6-7-8-9-10-16-21-27(2,3)22-24-19-14-15-20-25(24)29-26(28)23-17-12-11-13-18-23;/h11-13,17-18,24-25H,4-10,14-16,19-22H2,1-3H3;1H/q+1;/p-1/t24-,25-;/m1./s1. The summed E-state index contributed by atoms with van der Waals surface area (Å²) in [5, 5.41) is 0. The number of rotatable bonds is 13. The molecule has 0 aliphatic heterocycles. The van der Waals surface area contributed by atoms with Gasteiger partial charge in [-0.2, -0.15) is 0 Å². The molecule has 1 fully saturated rings. The van der Waals surface area contributed by atoms with Gasteiger partial charge in [0.05, 0.1) is 32.7 Å². The fourth-order valence-electron chi connectivity index (χ4n) is 4.72. The number of hydrogen-bond acceptors (Lipinski definition) is 2. The number of esters is 1. The molecule has 0 aromatic heterocycles. The lowest BCUT2D eigenvalue weighted by Crippen LogP contribution is -3.00. The van der Waals surface area contributed by atoms with E-state index in [0.717, 1.165) is 17.4 Å². The molecule has 1 aromatic carbocycles. The first-order valence-corrected chi connectivity index (χ1v) is 12.1. The van der Waals surface area contributed by atoms with Gasteiger partial charge in [0, 0.05) is 5.92 Å². The molecule has 1 saturated carbocycles. The highest BCUT2D eigenvalue weighted by atomic mass is 79.9. The summed E-state index contributed by atoms with van der Waals surface area (Å²) < 4.78 is 7.02. The summed E-state index contributed by atoms with van der Waals surface area (Å²) in [4.78, 5) is 12.5. The maximum atomic E-state index is 12.5. The summed E-state index contributed by atoms with van der Waals surface area (Å²) >= 11 is 0. The van der Waals surface area contributed by atoms with Crippen LogP contribution in [0.3, 0.4) is 0 Å². The number of unbranched alkanes of at least 4 members (excludes halogenated alkanes) is 7. The first-order chi connectivity index (χ1) is 14.0. The largest absolute Gasteiger partial charge is 1.00 e. The number of nitrogens with zero attached hydrogens (tertiary/aromatic N) is 1. The Morgan fingerprint density at radius 2 is 1.53 bits per heavy atom. The molecule has 3 nitrogen and oxygen atoms in total. The third kappa shape index (κ3) is 10.4. The van der Waals surface area contributed by atoms with Crippen LogP contribution in [0.15, 0.2) is 30.3 Å². The Kier molecular flexibility index (Phi) is 13.6. The Labute approximate surface area is 195 Å². The van der Waals surface area contributed by atoms with E-state index < -0.39 is 0 Å². The fourth-order valence-corrected chi connectivity index (χ4v) is 4.72. The molecule has 4 heteroatoms. The van der Waals surface area contributed by atoms with Crippen LogP contribution in [0, 0.1) is 5.92 Å². The molecule has 30 heavy (non-hydrogen) atoms. The van der Waals surface area contributed by atoms with Gasteiger partial charge in [-0.05, 0) is 44.2 Å². The molecule has 172 valence electrons. The number of quaternary nitrogens is 1. The van der Waals surface area contributed by atoms with Crippen molar-refractivity contribution in [3.63, 3.8) is 0 Å². The molecular formula is C26H44BrNO2. The average Bonchev–Trinajstić information content (AvgIpc) is 2.72. The Morgan fingerprint density at radius 1 is 0.933 bits per heavy atom. The lowest BCUT2D eigenvalue weighted by atomic mass is 9.85. The van der Waals surface area contributed by atoms with E-state index in [9.17, 15) is 4.79 Å². The summed E-state index contributed by atoms with van der Waals surface area (Å²) in [7, 11) is 4.71. The average molecular weight is 483 g/mol. The highest BCUT2D eigenvalue weighted by Gasteiger charge is 2.33. The van der Waals surface area contributed by atoms with E-state index in [0.29, 0.717) is 11.5 Å². The van der Waals surface area contributed by atoms with E-state index >= 15 is 0 Å². The molecule has 1 aromatic rings. The van der Waals surface area contributed by atoms with Crippen molar-refractivity contribution in [1.29, 1.82) is 0 Å². The molecule has 2 atom stereocenters. The Hall–Kier alpha value is -0.870. The second-order valence-corrected chi connectivity index (χ2v) is 9.67. The second-order valence-electron chi connectivity index (χ2n) is 9.67. The SMILES string of the molecule is CCCCCCCCCC[N+](C)(C)C[C@H]1CCCC[C@H]1OC(=O)c1ccccc1.[Br-]. The number of ether oxygens (including phenoxy) is 1. The predicted molar refractivity (Wildman–Crippen MR) is 122 cm³/mol. The van der Waals surface area contributed by atoms with Crippen LogP contribution in [0.5, 0.6) is 0 Å². The van der Waals surface area contributed by atoms with E-state index in [2.05, 4.69) is 21.0 Å². The zero-order valence-electron chi connectivity index (χ0n) is 19.6. The first kappa shape index (κ1) is 27.2. The monoisotopic (exact) mass is 481 g/mol. The third-order valence-electron chi connectivity index (χ3n) is 6.45. The minimum Gasteiger partial charge on any atom is -1.00 e. The van der Waals surface area contributed by atoms with Gasteiger partial charge in [-0.3, -0.25) is 0 Å². The van der Waals surface area contributed by atoms with Crippen LogP contribution in [0.25, 0.3) is 0 Å². The minimum absolute atomic E-state index is 0. The van der Waals surface area contributed by atoms with Crippen molar-refractivity contribution in [2.45, 2.75) is 90.1 Å². The molecule has 1 aliphatic carbocycles. The van der Waals surface area contributed by atoms with Crippen molar-refractivity contribution in [3.05, 3.63) is 35.9 Å². The summed E-state index contributed by atoms with van der Waals surface area (Å²) in [5.41, 5.74) is 0.671. The zero-order valence-corrected chi connectivity index (χ0v) is 21.2. The molecule has 0 unspecified atom stereocenters. The lowest BCUT2D eigenvalue weighted by molar-refractivity contribution is -0.894. The van der Waals surface area contributed by atoms with Crippen molar-refractivity contribution in [2.75, 3.05) is 27.2 Å². The van der Waals surface area contributed by atoms with E-state index in [-0.39, 0.29) is 29.1 Å². The molecule has 2 rings (SSSR count). The van der Waals surface area contributed by atoms with E-state index in [1.165, 1.54) is 77.2 Å². The van der Waals surface area contributed by atoms with Gasteiger partial charge in [0.1, 0.15) is 6.10 Å². The van der Waals surface area contributed by atoms with Crippen LogP contribution in [0.1, 0.15) is 94.3 Å². The molecule has 0 radical (unpaired) electrons. The fraction of sp³-hybridized carbons (Fsp3) is 0.731. The van der Waals surface area contributed by atoms with E-state index in [4.69, 9.17) is 4.74 Å². The summed E-state index contributed by atoms with van der Waals surface area (Å²) in [6, 6.07) is 9.44. The number of halogens is 1. The summed E-state index contributed by atoms with van der Waals surface area (Å²) in [5.74, 6) is 0.330. The van der Waals surface area contributed by atoms with Crippen LogP contribution < -0.4 is 17.0 Å². The van der Waals surface area contributed by atoms with Crippen LogP contribution in [0.4, 0.5) is 0 Å². The van der Waals surface area contributed by atoms with Crippen LogP contribution >= 0.6 is 0 Å². The third-order valence-corrected chi connectivity index (χ3v) is 6.45. The number of hydrogen-bond donors (Lipinski definition) is 0. The molecule has 0 amide bonds. The Bertz CT molecular complexity index is 576. The Morgan fingerprint density at radius 3 is 2.20 bits per heavy atom. The van der Waals surface area contributed by atoms with Gasteiger partial charge in [0.2, 0.25) is 0 Å². The van der Waals surface area contributed by atoms with Gasteiger partial charge in [0.15, 0.2) is 0 Å². The minimum atomic E-state index is -0.157. The number of carbonyl (C=O) groups is 1. The molecule has 0 heterocycles. The predicted octanol–water partition coefficient (Wildman–Crippen LogP) is 3.62. The number of benzene rings is 1. The van der Waals surface area contributed by atoms with E-state index in [1.54, 1.807) is 0 Å². The first-order valence-electron chi connectivity index (χ1n) is 12.1. The molecule has 0 bridgehead atoms. The van der Waals surface area contributed by atoms with Crippen molar-refractivity contribution in [2.24, 2.45) is 5.92 Å². The van der Waals surface area contributed by atoms with E-state index in [1.807, 2.05) is 30.3 Å². The van der Waals surface area contributed by atoms with Crippen molar-refractivity contribution < 1.29 is 31.0 Å². The van der Waals surface area contributed by atoms with Crippen LogP contribution in [-0.2, 0) is 4.74 Å². The van der Waals surface area contributed by atoms with Crippen LogP contribution in [-0.4, -0.2) is 43.7 Å². The number of carbonyl (C=O) groups excluding carboxylic acids is 1. The normalized spacial score (nSPS) is 19.2. The highest BCUT2D eigenvalue weighted by molar-refractivity contribution is 5.89. The van der Waals surface area contributed by atoms with Gasteiger partial charge >= 0.3 is 5.97 Å². The van der Waals surface area contributed by atoms with Crippen molar-refractivity contribution >= 4 is 5.97 Å². The summed E-state index contributed by atoms with van der Waals surface area (Å²) in [6.07, 6.45) is 15.7. The van der Waals surface area contributed by atoms with Gasteiger partial charge in [-0.15, -0.1) is 0 Å². The maximum Gasteiger partial charge on any atom is 0.338 e. The van der Waals surface area contributed by atoms with Gasteiger partial charge in [0.25, 0.3) is 0 Å². The second kappa shape index (κ2) is 15.0. The topological polar surface area (TPSA) is 26.3 Å². The quantitative estimate of drug-likeness (QED) is 0.244. The van der Waals surface area contributed by atoms with Crippen molar-refractivity contribution in [1.82, 2.24) is 0 Å². The Balaban J connectivity index is 0.00000450. The molecular weight excluding hydrogens is 438 g/mol. The molecule has 0 N–H and O–H groups in total. The van der Waals surface area contributed by atoms with Crippen molar-refractivity contribution in [3.8, 4) is 0 Å². The maximum absolute atomic E-state index is 12.5.